The van der Waals surface area contributed by atoms with E-state index >= 15 is 0 Å². The summed E-state index contributed by atoms with van der Waals surface area (Å²) in [4.78, 5) is 25.6. The molecule has 0 unspecified atom stereocenters. The number of anilines is 2. The SMILES string of the molecule is N#C/C1=C(/CNCCCCN2c3ccccc3CCc3ccc(Cl)cc32)OC(=O)/C=C\C(=O)O1. The second-order valence-corrected chi connectivity index (χ2v) is 8.41. The van der Waals surface area contributed by atoms with Crippen LogP contribution in [0, 0.1) is 11.3 Å². The van der Waals surface area contributed by atoms with Crippen molar-refractivity contribution in [1.82, 2.24) is 5.32 Å². The van der Waals surface area contributed by atoms with Gasteiger partial charge in [-0.05, 0) is 61.6 Å². The Balaban J connectivity index is 1.37. The van der Waals surface area contributed by atoms with E-state index in [0.717, 1.165) is 55.1 Å². The Morgan fingerprint density at radius 1 is 0.971 bits per heavy atom. The van der Waals surface area contributed by atoms with Crippen molar-refractivity contribution in [3.8, 4) is 6.07 Å². The van der Waals surface area contributed by atoms with Gasteiger partial charge in [0.2, 0.25) is 5.76 Å². The molecule has 0 bridgehead atoms. The van der Waals surface area contributed by atoms with E-state index in [1.54, 1.807) is 6.07 Å². The summed E-state index contributed by atoms with van der Waals surface area (Å²) in [7, 11) is 0. The molecule has 2 aromatic carbocycles. The summed E-state index contributed by atoms with van der Waals surface area (Å²) in [6, 6.07) is 16.3. The summed E-state index contributed by atoms with van der Waals surface area (Å²) < 4.78 is 10.0. The van der Waals surface area contributed by atoms with Gasteiger partial charge in [0, 0.05) is 35.1 Å². The Bertz CT molecular complexity index is 1200. The van der Waals surface area contributed by atoms with Gasteiger partial charge in [0.1, 0.15) is 6.07 Å². The predicted molar refractivity (Wildman–Crippen MR) is 128 cm³/mol. The smallest absolute Gasteiger partial charge is 0.337 e. The van der Waals surface area contributed by atoms with E-state index in [2.05, 4.69) is 40.5 Å². The maximum absolute atomic E-state index is 11.7. The zero-order chi connectivity index (χ0) is 23.9. The fourth-order valence-corrected chi connectivity index (χ4v) is 4.24. The lowest BCUT2D eigenvalue weighted by Crippen LogP contribution is -2.25. The Morgan fingerprint density at radius 3 is 2.50 bits per heavy atom. The monoisotopic (exact) mass is 477 g/mol. The van der Waals surface area contributed by atoms with Crippen LogP contribution in [0.3, 0.4) is 0 Å². The number of fused-ring (bicyclic) bond motifs is 2. The minimum atomic E-state index is -0.788. The first-order valence-corrected chi connectivity index (χ1v) is 11.5. The van der Waals surface area contributed by atoms with Gasteiger partial charge in [0.15, 0.2) is 5.76 Å². The van der Waals surface area contributed by atoms with Crippen LogP contribution in [0.25, 0.3) is 0 Å². The maximum Gasteiger partial charge on any atom is 0.337 e. The Morgan fingerprint density at radius 2 is 1.71 bits per heavy atom. The van der Waals surface area contributed by atoms with E-state index in [9.17, 15) is 14.9 Å². The van der Waals surface area contributed by atoms with Gasteiger partial charge in [0.05, 0.1) is 6.54 Å². The van der Waals surface area contributed by atoms with Crippen molar-refractivity contribution in [3.63, 3.8) is 0 Å². The quantitative estimate of drug-likeness (QED) is 0.468. The minimum Gasteiger partial charge on any atom is -0.422 e. The fourth-order valence-electron chi connectivity index (χ4n) is 4.08. The number of nitrogens with one attached hydrogen (secondary N) is 1. The van der Waals surface area contributed by atoms with Crippen LogP contribution in [0.15, 0.2) is 66.1 Å². The van der Waals surface area contributed by atoms with Crippen molar-refractivity contribution in [2.45, 2.75) is 25.7 Å². The molecule has 0 radical (unpaired) electrons. The Hall–Kier alpha value is -3.60. The number of nitrogens with zero attached hydrogens (tertiary/aromatic N) is 2. The molecule has 2 aliphatic heterocycles. The number of nitriles is 1. The number of para-hydroxylation sites is 1. The average Bonchev–Trinajstić information content (AvgIpc) is 2.98. The number of esters is 2. The lowest BCUT2D eigenvalue weighted by Gasteiger charge is -2.27. The summed E-state index contributed by atoms with van der Waals surface area (Å²) in [6.45, 7) is 1.54. The van der Waals surface area contributed by atoms with Crippen LogP contribution < -0.4 is 10.2 Å². The number of allylic oxidation sites excluding steroid dienone is 1. The molecule has 0 saturated carbocycles. The second-order valence-electron chi connectivity index (χ2n) is 7.98. The topological polar surface area (TPSA) is 91.7 Å². The van der Waals surface area contributed by atoms with Crippen molar-refractivity contribution in [2.24, 2.45) is 0 Å². The molecule has 34 heavy (non-hydrogen) atoms. The third kappa shape index (κ3) is 5.66. The molecule has 2 aliphatic rings. The van der Waals surface area contributed by atoms with Crippen LogP contribution >= 0.6 is 11.6 Å². The second kappa shape index (κ2) is 11.0. The maximum atomic E-state index is 11.7. The summed E-state index contributed by atoms with van der Waals surface area (Å²) in [6.07, 6.45) is 5.59. The number of aryl methyl sites for hydroxylation is 2. The largest absolute Gasteiger partial charge is 0.422 e. The highest BCUT2D eigenvalue weighted by molar-refractivity contribution is 6.30. The zero-order valence-corrected chi connectivity index (χ0v) is 19.3. The van der Waals surface area contributed by atoms with Gasteiger partial charge in [-0.1, -0.05) is 35.9 Å². The number of rotatable bonds is 7. The number of hydrogen-bond acceptors (Lipinski definition) is 7. The number of ether oxygens (including phenoxy) is 2. The molecule has 1 N–H and O–H groups in total. The molecule has 2 heterocycles. The lowest BCUT2D eigenvalue weighted by atomic mass is 10.0. The third-order valence-electron chi connectivity index (χ3n) is 5.69. The van der Waals surface area contributed by atoms with E-state index in [0.29, 0.717) is 6.54 Å². The Kier molecular flexibility index (Phi) is 7.63. The number of carbonyl (C=O) groups excluding carboxylic acids is 2. The molecule has 174 valence electrons. The van der Waals surface area contributed by atoms with E-state index in [-0.39, 0.29) is 18.1 Å². The van der Waals surface area contributed by atoms with Crippen molar-refractivity contribution in [1.29, 1.82) is 5.26 Å². The zero-order valence-electron chi connectivity index (χ0n) is 18.6. The molecule has 0 amide bonds. The lowest BCUT2D eigenvalue weighted by molar-refractivity contribution is -0.139. The van der Waals surface area contributed by atoms with Gasteiger partial charge in [0.25, 0.3) is 0 Å². The van der Waals surface area contributed by atoms with Gasteiger partial charge < -0.3 is 19.7 Å². The van der Waals surface area contributed by atoms with Crippen molar-refractivity contribution in [3.05, 3.63) is 82.3 Å². The van der Waals surface area contributed by atoms with Crippen LogP contribution in [0.4, 0.5) is 11.4 Å². The molecule has 0 aliphatic carbocycles. The Labute approximate surface area is 203 Å². The van der Waals surface area contributed by atoms with E-state index in [4.69, 9.17) is 21.1 Å². The summed E-state index contributed by atoms with van der Waals surface area (Å²) in [5.41, 5.74) is 4.95. The minimum absolute atomic E-state index is 0.00443. The fraction of sp³-hybridized carbons (Fsp3) is 0.269. The standard InChI is InChI=1S/C26H24ClN3O4/c27-20-10-9-19-8-7-18-5-1-2-6-21(18)30(22(19)15-20)14-4-3-13-29-17-24-23(16-28)33-25(31)11-12-26(32)34-24/h1-2,5-6,9-12,15,29H,3-4,7-8,13-14,17H2/b12-11-,24-23+. The molecule has 0 saturated heterocycles. The third-order valence-corrected chi connectivity index (χ3v) is 5.93. The van der Waals surface area contributed by atoms with E-state index in [1.165, 1.54) is 16.8 Å². The molecule has 0 aromatic heterocycles. The van der Waals surface area contributed by atoms with Gasteiger partial charge >= 0.3 is 11.9 Å². The van der Waals surface area contributed by atoms with Crippen LogP contribution in [-0.4, -0.2) is 31.6 Å². The van der Waals surface area contributed by atoms with Crippen molar-refractivity contribution < 1.29 is 19.1 Å². The predicted octanol–water partition coefficient (Wildman–Crippen LogP) is 4.34. The van der Waals surface area contributed by atoms with Crippen LogP contribution in [0.2, 0.25) is 5.02 Å². The number of cyclic esters (lactones) is 2. The van der Waals surface area contributed by atoms with Gasteiger partial charge in [-0.25, -0.2) is 9.59 Å². The number of unbranched alkanes of at least 4 members (excludes halogenated alkanes) is 1. The number of hydrogen-bond donors (Lipinski definition) is 1. The van der Waals surface area contributed by atoms with Gasteiger partial charge in [-0.15, -0.1) is 0 Å². The normalized spacial score (nSPS) is 18.4. The molecule has 0 spiro atoms. The van der Waals surface area contributed by atoms with E-state index < -0.39 is 11.9 Å². The summed E-state index contributed by atoms with van der Waals surface area (Å²) in [5.74, 6) is -1.83. The number of benzene rings is 2. The molecule has 8 heteroatoms. The molecular formula is C26H24ClN3O4. The summed E-state index contributed by atoms with van der Waals surface area (Å²) in [5, 5.41) is 13.1. The molecule has 2 aromatic rings. The molecule has 0 atom stereocenters. The first-order valence-electron chi connectivity index (χ1n) is 11.1. The van der Waals surface area contributed by atoms with E-state index in [1.807, 2.05) is 12.1 Å². The number of carbonyl (C=O) groups is 2. The van der Waals surface area contributed by atoms with Crippen LogP contribution in [0.5, 0.6) is 0 Å². The first kappa shape index (κ1) is 23.6. The van der Waals surface area contributed by atoms with Gasteiger partial charge in [-0.3, -0.25) is 0 Å². The van der Waals surface area contributed by atoms with Gasteiger partial charge in [-0.2, -0.15) is 5.26 Å². The van der Waals surface area contributed by atoms with Crippen molar-refractivity contribution in [2.75, 3.05) is 24.5 Å². The molecule has 7 nitrogen and oxygen atoms in total. The highest BCUT2D eigenvalue weighted by Gasteiger charge is 2.21. The van der Waals surface area contributed by atoms with Crippen LogP contribution in [0.1, 0.15) is 24.0 Å². The number of halogens is 1. The van der Waals surface area contributed by atoms with Crippen LogP contribution in [-0.2, 0) is 31.9 Å². The highest BCUT2D eigenvalue weighted by Crippen LogP contribution is 2.37. The average molecular weight is 478 g/mol. The molecule has 0 fully saturated rings. The van der Waals surface area contributed by atoms with Crippen molar-refractivity contribution >= 4 is 34.9 Å². The molecular weight excluding hydrogens is 454 g/mol. The highest BCUT2D eigenvalue weighted by atomic mass is 35.5. The summed E-state index contributed by atoms with van der Waals surface area (Å²) >= 11 is 6.33. The first-order chi connectivity index (χ1) is 16.5. The molecule has 4 rings (SSSR count).